The molecule has 0 aliphatic heterocycles. The Labute approximate surface area is 124 Å². The summed E-state index contributed by atoms with van der Waals surface area (Å²) < 4.78 is 6.30. The highest BCUT2D eigenvalue weighted by molar-refractivity contribution is 5.92. The molecule has 0 atom stereocenters. The molecule has 0 saturated carbocycles. The number of aryl methyl sites for hydroxylation is 1. The maximum absolute atomic E-state index is 12.0. The van der Waals surface area contributed by atoms with Gasteiger partial charge in [-0.05, 0) is 32.8 Å². The van der Waals surface area contributed by atoms with Crippen molar-refractivity contribution in [3.8, 4) is 0 Å². The van der Waals surface area contributed by atoms with Crippen LogP contribution >= 0.6 is 0 Å². The van der Waals surface area contributed by atoms with E-state index in [4.69, 9.17) is 4.74 Å². The van der Waals surface area contributed by atoms with Crippen molar-refractivity contribution in [2.45, 2.75) is 40.7 Å². The summed E-state index contributed by atoms with van der Waals surface area (Å²) in [6, 6.07) is 1.35. The molecule has 0 bridgehead atoms. The largest absolute Gasteiger partial charge is 0.462 e. The number of pyridine rings is 1. The van der Waals surface area contributed by atoms with Crippen molar-refractivity contribution in [3.63, 3.8) is 0 Å². The van der Waals surface area contributed by atoms with Gasteiger partial charge >= 0.3 is 5.97 Å². The van der Waals surface area contributed by atoms with Crippen LogP contribution < -0.4 is 10.9 Å². The minimum atomic E-state index is -0.477. The molecular weight excluding hydrogens is 272 g/mol. The Morgan fingerprint density at radius 1 is 1.29 bits per heavy atom. The second-order valence-electron chi connectivity index (χ2n) is 4.78. The number of rotatable bonds is 6. The van der Waals surface area contributed by atoms with Gasteiger partial charge in [0.05, 0.1) is 12.2 Å². The average Bonchev–Trinajstić information content (AvgIpc) is 2.41. The van der Waals surface area contributed by atoms with E-state index in [0.717, 1.165) is 6.42 Å². The predicted octanol–water partition coefficient (Wildman–Crippen LogP) is 1.17. The summed E-state index contributed by atoms with van der Waals surface area (Å²) in [7, 11) is 0. The number of amides is 1. The lowest BCUT2D eigenvalue weighted by atomic mass is 10.1. The molecule has 0 aromatic carbocycles. The van der Waals surface area contributed by atoms with Crippen molar-refractivity contribution in [1.29, 1.82) is 0 Å². The van der Waals surface area contributed by atoms with Crippen LogP contribution in [0.5, 0.6) is 0 Å². The van der Waals surface area contributed by atoms with Crippen molar-refractivity contribution in [2.75, 3.05) is 13.2 Å². The maximum atomic E-state index is 12.0. The molecule has 21 heavy (non-hydrogen) atoms. The van der Waals surface area contributed by atoms with E-state index in [-0.39, 0.29) is 24.6 Å². The number of ether oxygens (including phenoxy) is 1. The second kappa shape index (κ2) is 7.61. The van der Waals surface area contributed by atoms with Gasteiger partial charge in [-0.1, -0.05) is 6.92 Å². The molecule has 0 unspecified atom stereocenters. The lowest BCUT2D eigenvalue weighted by Crippen LogP contribution is -2.34. The van der Waals surface area contributed by atoms with Crippen LogP contribution in [0.2, 0.25) is 0 Å². The molecular formula is C15H22N2O4. The van der Waals surface area contributed by atoms with Crippen LogP contribution in [-0.4, -0.2) is 29.6 Å². The summed E-state index contributed by atoms with van der Waals surface area (Å²) >= 11 is 0. The minimum absolute atomic E-state index is 0.0998. The number of esters is 1. The minimum Gasteiger partial charge on any atom is -0.462 e. The van der Waals surface area contributed by atoms with Crippen LogP contribution in [0.1, 0.15) is 41.9 Å². The van der Waals surface area contributed by atoms with E-state index >= 15 is 0 Å². The van der Waals surface area contributed by atoms with E-state index in [2.05, 4.69) is 5.32 Å². The number of hydrogen-bond acceptors (Lipinski definition) is 4. The number of nitrogens with one attached hydrogen (secondary N) is 1. The molecule has 116 valence electrons. The van der Waals surface area contributed by atoms with Gasteiger partial charge < -0.3 is 14.6 Å². The van der Waals surface area contributed by atoms with E-state index in [9.17, 15) is 14.4 Å². The van der Waals surface area contributed by atoms with E-state index in [1.807, 2.05) is 6.92 Å². The van der Waals surface area contributed by atoms with Crippen molar-refractivity contribution < 1.29 is 14.3 Å². The van der Waals surface area contributed by atoms with Crippen molar-refractivity contribution in [1.82, 2.24) is 9.88 Å². The van der Waals surface area contributed by atoms with Gasteiger partial charge in [-0.15, -0.1) is 0 Å². The van der Waals surface area contributed by atoms with Gasteiger partial charge in [-0.3, -0.25) is 9.59 Å². The Bertz CT molecular complexity index is 590. The monoisotopic (exact) mass is 294 g/mol. The van der Waals surface area contributed by atoms with E-state index in [0.29, 0.717) is 23.4 Å². The Kier molecular flexibility index (Phi) is 6.14. The van der Waals surface area contributed by atoms with Crippen molar-refractivity contribution in [2.24, 2.45) is 0 Å². The summed E-state index contributed by atoms with van der Waals surface area (Å²) in [5, 5.41) is 2.71. The van der Waals surface area contributed by atoms with E-state index < -0.39 is 5.97 Å². The van der Waals surface area contributed by atoms with Gasteiger partial charge in [-0.25, -0.2) is 4.79 Å². The van der Waals surface area contributed by atoms with Gasteiger partial charge in [0.25, 0.3) is 5.56 Å². The Hall–Kier alpha value is -2.11. The highest BCUT2D eigenvalue weighted by Crippen LogP contribution is 2.13. The average molecular weight is 294 g/mol. The number of hydrogen-bond donors (Lipinski definition) is 1. The third-order valence-electron chi connectivity index (χ3n) is 3.12. The zero-order chi connectivity index (χ0) is 16.0. The number of carbonyl (C=O) groups is 2. The predicted molar refractivity (Wildman–Crippen MR) is 79.4 cm³/mol. The molecule has 0 aliphatic carbocycles. The molecule has 1 amide bonds. The molecule has 1 N–H and O–H groups in total. The number of carbonyl (C=O) groups excluding carboxylic acids is 2. The van der Waals surface area contributed by atoms with E-state index in [1.165, 1.54) is 10.6 Å². The van der Waals surface area contributed by atoms with Crippen LogP contribution in [0.4, 0.5) is 0 Å². The van der Waals surface area contributed by atoms with Gasteiger partial charge in [0.2, 0.25) is 5.91 Å². The Morgan fingerprint density at radius 2 is 1.95 bits per heavy atom. The van der Waals surface area contributed by atoms with E-state index in [1.54, 1.807) is 20.8 Å². The standard InChI is InChI=1S/C15H22N2O4/c1-5-7-16-12(18)9-17-11(4)14(15(20)21-6-2)10(3)8-13(17)19/h8H,5-7,9H2,1-4H3,(H,16,18). The fourth-order valence-corrected chi connectivity index (χ4v) is 2.09. The molecule has 1 aromatic heterocycles. The zero-order valence-corrected chi connectivity index (χ0v) is 13.0. The smallest absolute Gasteiger partial charge is 0.340 e. The molecule has 6 heteroatoms. The topological polar surface area (TPSA) is 77.4 Å². The van der Waals surface area contributed by atoms with Crippen LogP contribution in [-0.2, 0) is 16.1 Å². The molecule has 0 spiro atoms. The molecule has 0 saturated heterocycles. The highest BCUT2D eigenvalue weighted by atomic mass is 16.5. The van der Waals surface area contributed by atoms with Crippen LogP contribution in [0, 0.1) is 13.8 Å². The SMILES string of the molecule is CCCNC(=O)Cn1c(C)c(C(=O)OCC)c(C)cc1=O. The maximum Gasteiger partial charge on any atom is 0.340 e. The first kappa shape index (κ1) is 16.9. The van der Waals surface area contributed by atoms with Crippen LogP contribution in [0.15, 0.2) is 10.9 Å². The fourth-order valence-electron chi connectivity index (χ4n) is 2.09. The summed E-state index contributed by atoms with van der Waals surface area (Å²) in [6.07, 6.45) is 0.821. The summed E-state index contributed by atoms with van der Waals surface area (Å²) in [4.78, 5) is 35.8. The van der Waals surface area contributed by atoms with Gasteiger partial charge in [0, 0.05) is 18.3 Å². The third kappa shape index (κ3) is 4.18. The number of nitrogens with zero attached hydrogens (tertiary/aromatic N) is 1. The highest BCUT2D eigenvalue weighted by Gasteiger charge is 2.18. The molecule has 1 rings (SSSR count). The lowest BCUT2D eigenvalue weighted by Gasteiger charge is -2.15. The van der Waals surface area contributed by atoms with Gasteiger partial charge in [0.15, 0.2) is 0 Å². The molecule has 0 aliphatic rings. The van der Waals surface area contributed by atoms with Crippen molar-refractivity contribution >= 4 is 11.9 Å². The molecule has 6 nitrogen and oxygen atoms in total. The first-order valence-corrected chi connectivity index (χ1v) is 7.07. The molecule has 1 heterocycles. The first-order valence-electron chi connectivity index (χ1n) is 7.07. The molecule has 0 fully saturated rings. The molecule has 1 aromatic rings. The number of aromatic nitrogens is 1. The Balaban J connectivity index is 3.15. The zero-order valence-electron chi connectivity index (χ0n) is 13.0. The first-order chi connectivity index (χ1) is 9.92. The lowest BCUT2D eigenvalue weighted by molar-refractivity contribution is -0.121. The third-order valence-corrected chi connectivity index (χ3v) is 3.12. The summed E-state index contributed by atoms with van der Waals surface area (Å²) in [5.41, 5.74) is 1.05. The van der Waals surface area contributed by atoms with Gasteiger partial charge in [-0.2, -0.15) is 0 Å². The molecule has 0 radical (unpaired) electrons. The summed E-state index contributed by atoms with van der Waals surface area (Å²) in [5.74, 6) is -0.726. The van der Waals surface area contributed by atoms with Gasteiger partial charge in [0.1, 0.15) is 6.54 Å². The second-order valence-corrected chi connectivity index (χ2v) is 4.78. The Morgan fingerprint density at radius 3 is 2.52 bits per heavy atom. The fraction of sp³-hybridized carbons (Fsp3) is 0.533. The van der Waals surface area contributed by atoms with Crippen molar-refractivity contribution in [3.05, 3.63) is 33.2 Å². The van der Waals surface area contributed by atoms with Crippen LogP contribution in [0.3, 0.4) is 0 Å². The summed E-state index contributed by atoms with van der Waals surface area (Å²) in [6.45, 7) is 7.71. The van der Waals surface area contributed by atoms with Crippen LogP contribution in [0.25, 0.3) is 0 Å². The normalized spacial score (nSPS) is 10.3. The quantitative estimate of drug-likeness (QED) is 0.799.